The van der Waals surface area contributed by atoms with Gasteiger partial charge in [-0.15, -0.1) is 0 Å². The Labute approximate surface area is 150 Å². The molecule has 2 bridgehead atoms. The zero-order chi connectivity index (χ0) is 18.8. The van der Waals surface area contributed by atoms with Gasteiger partial charge < -0.3 is 20.1 Å². The zero-order valence-corrected chi connectivity index (χ0v) is 15.6. The molecule has 0 aromatic carbocycles. The molecule has 2 rings (SSSR count). The number of aliphatic hydroxyl groups is 3. The van der Waals surface area contributed by atoms with E-state index in [9.17, 15) is 20.1 Å². The van der Waals surface area contributed by atoms with Crippen molar-refractivity contribution in [3.63, 3.8) is 0 Å². The lowest BCUT2D eigenvalue weighted by Crippen LogP contribution is -2.47. The molecule has 5 atom stereocenters. The molecule has 1 saturated heterocycles. The molecule has 25 heavy (non-hydrogen) atoms. The van der Waals surface area contributed by atoms with Crippen molar-refractivity contribution >= 4 is 5.97 Å². The molecule has 0 spiro atoms. The molecule has 3 N–H and O–H groups in total. The van der Waals surface area contributed by atoms with Crippen molar-refractivity contribution in [3.8, 4) is 0 Å². The van der Waals surface area contributed by atoms with E-state index >= 15 is 0 Å². The number of ether oxygens (including phenoxy) is 1. The predicted molar refractivity (Wildman–Crippen MR) is 95.8 cm³/mol. The van der Waals surface area contributed by atoms with Crippen LogP contribution in [0.15, 0.2) is 23.8 Å². The summed E-state index contributed by atoms with van der Waals surface area (Å²) in [5.41, 5.74) is -0.809. The minimum Gasteiger partial charge on any atom is -0.456 e. The van der Waals surface area contributed by atoms with Gasteiger partial charge in [-0.1, -0.05) is 18.2 Å². The van der Waals surface area contributed by atoms with Crippen molar-refractivity contribution in [2.75, 3.05) is 0 Å². The third-order valence-corrected chi connectivity index (χ3v) is 5.87. The molecule has 5 heteroatoms. The van der Waals surface area contributed by atoms with Crippen LogP contribution in [0.4, 0.5) is 0 Å². The number of carbonyl (C=O) groups excluding carboxylic acids is 1. The number of hydrogen-bond acceptors (Lipinski definition) is 5. The zero-order valence-electron chi connectivity index (χ0n) is 15.6. The van der Waals surface area contributed by atoms with Gasteiger partial charge in [0.2, 0.25) is 0 Å². The van der Waals surface area contributed by atoms with Crippen molar-refractivity contribution < 1.29 is 24.9 Å². The van der Waals surface area contributed by atoms with E-state index in [1.165, 1.54) is 0 Å². The Kier molecular flexibility index (Phi) is 6.13. The molecule has 1 fully saturated rings. The topological polar surface area (TPSA) is 87.0 Å². The second-order valence-corrected chi connectivity index (χ2v) is 8.25. The van der Waals surface area contributed by atoms with E-state index in [1.807, 2.05) is 13.0 Å². The third kappa shape index (κ3) is 4.93. The first kappa shape index (κ1) is 20.1. The van der Waals surface area contributed by atoms with Crippen LogP contribution in [0.5, 0.6) is 0 Å². The smallest absolute Gasteiger partial charge is 0.334 e. The third-order valence-electron chi connectivity index (χ3n) is 5.87. The molecule has 5 nitrogen and oxygen atoms in total. The Bertz CT molecular complexity index is 546. The molecule has 2 aliphatic rings. The van der Waals surface area contributed by atoms with Gasteiger partial charge in [-0.3, -0.25) is 0 Å². The first-order valence-electron chi connectivity index (χ1n) is 9.21. The highest BCUT2D eigenvalue weighted by Gasteiger charge is 2.42. The standard InChI is InChI=1S/C20H32O5/c1-13-6-5-10-20(4,24)17-12-15(14(2)18(22)25-17)9-11-19(3,23)16(21)8-7-13/h6,15-17,21,23-24H,2,5,7-12H2,1,3-4H3/b13-6+/t15-,16+,17+,19-,20+/m0/s1. The highest BCUT2D eigenvalue weighted by Crippen LogP contribution is 2.37. The summed E-state index contributed by atoms with van der Waals surface area (Å²) in [6.07, 6.45) is 4.39. The average molecular weight is 352 g/mol. The van der Waals surface area contributed by atoms with Crippen LogP contribution in [-0.2, 0) is 9.53 Å². The van der Waals surface area contributed by atoms with Crippen LogP contribution in [0.25, 0.3) is 0 Å². The van der Waals surface area contributed by atoms with Gasteiger partial charge >= 0.3 is 5.97 Å². The lowest BCUT2D eigenvalue weighted by molar-refractivity contribution is -0.169. The second kappa shape index (κ2) is 7.60. The normalized spacial score (nSPS) is 43.6. The summed E-state index contributed by atoms with van der Waals surface area (Å²) in [5.74, 6) is -0.628. The lowest BCUT2D eigenvalue weighted by atomic mass is 9.77. The molecular formula is C20H32O5. The summed E-state index contributed by atoms with van der Waals surface area (Å²) >= 11 is 0. The monoisotopic (exact) mass is 352 g/mol. The van der Waals surface area contributed by atoms with Crippen LogP contribution in [0.3, 0.4) is 0 Å². The van der Waals surface area contributed by atoms with E-state index in [0.717, 1.165) is 5.57 Å². The maximum Gasteiger partial charge on any atom is 0.334 e. The van der Waals surface area contributed by atoms with E-state index in [2.05, 4.69) is 6.58 Å². The Balaban J connectivity index is 2.26. The summed E-state index contributed by atoms with van der Waals surface area (Å²) in [4.78, 5) is 12.2. The van der Waals surface area contributed by atoms with Crippen molar-refractivity contribution in [2.24, 2.45) is 5.92 Å². The van der Waals surface area contributed by atoms with E-state index in [1.54, 1.807) is 13.8 Å². The maximum atomic E-state index is 12.2. The Morgan fingerprint density at radius 3 is 2.56 bits per heavy atom. The number of hydrogen-bond donors (Lipinski definition) is 3. The molecule has 0 aromatic rings. The van der Waals surface area contributed by atoms with Gasteiger partial charge in [0.25, 0.3) is 0 Å². The molecule has 0 saturated carbocycles. The van der Waals surface area contributed by atoms with Gasteiger partial charge in [0.1, 0.15) is 6.10 Å². The van der Waals surface area contributed by atoms with Crippen LogP contribution >= 0.6 is 0 Å². The Morgan fingerprint density at radius 1 is 1.20 bits per heavy atom. The van der Waals surface area contributed by atoms with Crippen LogP contribution < -0.4 is 0 Å². The number of rotatable bonds is 0. The van der Waals surface area contributed by atoms with Gasteiger partial charge in [-0.05, 0) is 71.6 Å². The summed E-state index contributed by atoms with van der Waals surface area (Å²) in [6, 6.07) is 0. The number of allylic oxidation sites excluding steroid dienone is 2. The number of fused-ring (bicyclic) bond motifs is 2. The molecule has 0 radical (unpaired) electrons. The number of carbonyl (C=O) groups is 1. The van der Waals surface area contributed by atoms with Crippen molar-refractivity contribution in [1.29, 1.82) is 0 Å². The highest BCUT2D eigenvalue weighted by molar-refractivity contribution is 5.89. The fourth-order valence-corrected chi connectivity index (χ4v) is 3.68. The fourth-order valence-electron chi connectivity index (χ4n) is 3.68. The van der Waals surface area contributed by atoms with Crippen molar-refractivity contribution in [1.82, 2.24) is 0 Å². The van der Waals surface area contributed by atoms with Crippen LogP contribution in [-0.4, -0.2) is 44.7 Å². The molecule has 0 aromatic heterocycles. The van der Waals surface area contributed by atoms with E-state index < -0.39 is 29.4 Å². The van der Waals surface area contributed by atoms with E-state index in [-0.39, 0.29) is 5.92 Å². The summed E-state index contributed by atoms with van der Waals surface area (Å²) < 4.78 is 5.42. The molecule has 0 amide bonds. The fraction of sp³-hybridized carbons (Fsp3) is 0.750. The van der Waals surface area contributed by atoms with Gasteiger partial charge in [0.15, 0.2) is 0 Å². The Morgan fingerprint density at radius 2 is 1.88 bits per heavy atom. The number of esters is 1. The van der Waals surface area contributed by atoms with Crippen LogP contribution in [0, 0.1) is 5.92 Å². The van der Waals surface area contributed by atoms with Gasteiger partial charge in [0, 0.05) is 5.57 Å². The molecule has 1 heterocycles. The first-order chi connectivity index (χ1) is 11.5. The highest BCUT2D eigenvalue weighted by atomic mass is 16.6. The molecule has 1 aliphatic heterocycles. The van der Waals surface area contributed by atoms with E-state index in [4.69, 9.17) is 4.74 Å². The molecular weight excluding hydrogens is 320 g/mol. The van der Waals surface area contributed by atoms with Crippen molar-refractivity contribution in [3.05, 3.63) is 23.8 Å². The minimum absolute atomic E-state index is 0.156. The second-order valence-electron chi connectivity index (χ2n) is 8.25. The maximum absolute atomic E-state index is 12.2. The Hall–Kier alpha value is -1.17. The SMILES string of the molecule is C=C1C(=O)O[C@@H]2C[C@@H]1CC[C@](C)(O)[C@H](O)CC/C(C)=C/CC[C@@]2(C)O. The molecule has 142 valence electrons. The summed E-state index contributed by atoms with van der Waals surface area (Å²) in [7, 11) is 0. The largest absolute Gasteiger partial charge is 0.456 e. The lowest BCUT2D eigenvalue weighted by Gasteiger charge is -2.40. The first-order valence-corrected chi connectivity index (χ1v) is 9.21. The van der Waals surface area contributed by atoms with Crippen molar-refractivity contribution in [2.45, 2.75) is 89.1 Å². The predicted octanol–water partition coefficient (Wildman–Crippen LogP) is 2.64. The van der Waals surface area contributed by atoms with Gasteiger partial charge in [-0.2, -0.15) is 0 Å². The van der Waals surface area contributed by atoms with E-state index in [0.29, 0.717) is 50.5 Å². The summed E-state index contributed by atoms with van der Waals surface area (Å²) in [6.45, 7) is 9.17. The quantitative estimate of drug-likeness (QED) is 0.354. The van der Waals surface area contributed by atoms with Gasteiger partial charge in [0.05, 0.1) is 17.3 Å². The molecule has 0 unspecified atom stereocenters. The minimum atomic E-state index is -1.22. The van der Waals surface area contributed by atoms with Gasteiger partial charge in [-0.25, -0.2) is 4.79 Å². The van der Waals surface area contributed by atoms with Crippen LogP contribution in [0.1, 0.15) is 65.7 Å². The average Bonchev–Trinajstić information content (AvgIpc) is 2.52. The summed E-state index contributed by atoms with van der Waals surface area (Å²) in [5, 5.41) is 31.8. The van der Waals surface area contributed by atoms with Crippen LogP contribution in [0.2, 0.25) is 0 Å². The number of aliphatic hydroxyl groups excluding tert-OH is 1. The molecule has 1 aliphatic carbocycles.